The highest BCUT2D eigenvalue weighted by Crippen LogP contribution is 2.37. The monoisotopic (exact) mass is 598 g/mol. The second-order valence-corrected chi connectivity index (χ2v) is 13.4. The van der Waals surface area contributed by atoms with E-state index >= 15 is 0 Å². The molecule has 0 unspecified atom stereocenters. The summed E-state index contributed by atoms with van der Waals surface area (Å²) in [5.41, 5.74) is 5.65. The van der Waals surface area contributed by atoms with Gasteiger partial charge in [-0.1, -0.05) is 60.7 Å². The fraction of sp³-hybridized carbons (Fsp3) is 0.364. The molecule has 9 nitrogen and oxygen atoms in total. The van der Waals surface area contributed by atoms with Gasteiger partial charge in [0, 0.05) is 57.9 Å². The number of rotatable bonds is 9. The second-order valence-electron chi connectivity index (χ2n) is 11.4. The average molecular weight is 599 g/mol. The number of imidazole rings is 1. The normalized spacial score (nSPS) is 19.3. The largest absolute Gasteiger partial charge is 0.337 e. The number of fused-ring (bicyclic) bond motifs is 2. The van der Waals surface area contributed by atoms with E-state index in [1.807, 2.05) is 58.3 Å². The third-order valence-electron chi connectivity index (χ3n) is 8.57. The lowest BCUT2D eigenvalue weighted by Crippen LogP contribution is -2.61. The van der Waals surface area contributed by atoms with Gasteiger partial charge in [0.05, 0.1) is 24.3 Å². The molecule has 0 spiro atoms. The molecule has 43 heavy (non-hydrogen) atoms. The zero-order valence-electron chi connectivity index (χ0n) is 24.5. The van der Waals surface area contributed by atoms with E-state index in [9.17, 15) is 13.2 Å². The number of hydrogen-bond donors (Lipinski definition) is 0. The maximum atomic E-state index is 14.5. The summed E-state index contributed by atoms with van der Waals surface area (Å²) in [4.78, 5) is 27.6. The molecule has 2 aliphatic rings. The first-order valence-electron chi connectivity index (χ1n) is 14.9. The van der Waals surface area contributed by atoms with E-state index in [1.54, 1.807) is 12.5 Å². The molecular weight excluding hydrogens is 560 g/mol. The molecule has 3 heterocycles. The van der Waals surface area contributed by atoms with Crippen LogP contribution in [0, 0.1) is 0 Å². The summed E-state index contributed by atoms with van der Waals surface area (Å²) in [7, 11) is -3.63. The van der Waals surface area contributed by atoms with Crippen LogP contribution in [-0.4, -0.2) is 81.4 Å². The number of amides is 1. The highest BCUT2D eigenvalue weighted by Gasteiger charge is 2.43. The van der Waals surface area contributed by atoms with Crippen molar-refractivity contribution in [2.45, 2.75) is 44.4 Å². The summed E-state index contributed by atoms with van der Waals surface area (Å²) in [6.45, 7) is 2.65. The van der Waals surface area contributed by atoms with Crippen LogP contribution < -0.4 is 0 Å². The predicted octanol–water partition coefficient (Wildman–Crippen LogP) is 3.53. The fourth-order valence-electron chi connectivity index (χ4n) is 6.49. The summed E-state index contributed by atoms with van der Waals surface area (Å²) in [5, 5.41) is 0. The van der Waals surface area contributed by atoms with Crippen molar-refractivity contribution >= 4 is 15.9 Å². The minimum Gasteiger partial charge on any atom is -0.337 e. The average Bonchev–Trinajstić information content (AvgIpc) is 3.48. The Morgan fingerprint density at radius 1 is 0.953 bits per heavy atom. The summed E-state index contributed by atoms with van der Waals surface area (Å²) < 4.78 is 29.6. The predicted molar refractivity (Wildman–Crippen MR) is 166 cm³/mol. The number of nitrogens with zero attached hydrogens (tertiary/aromatic N) is 6. The van der Waals surface area contributed by atoms with Gasteiger partial charge in [0.25, 0.3) is 0 Å². The van der Waals surface area contributed by atoms with Crippen molar-refractivity contribution < 1.29 is 13.2 Å². The molecule has 1 amide bonds. The Balaban J connectivity index is 1.33. The molecule has 1 saturated heterocycles. The Morgan fingerprint density at radius 2 is 1.72 bits per heavy atom. The third-order valence-corrected chi connectivity index (χ3v) is 9.86. The first-order valence-corrected chi connectivity index (χ1v) is 16.7. The summed E-state index contributed by atoms with van der Waals surface area (Å²) >= 11 is 0. The van der Waals surface area contributed by atoms with Gasteiger partial charge in [-0.3, -0.25) is 14.7 Å². The van der Waals surface area contributed by atoms with Crippen LogP contribution in [0.4, 0.5) is 0 Å². The molecule has 10 heteroatoms. The van der Waals surface area contributed by atoms with Crippen molar-refractivity contribution in [3.05, 3.63) is 120 Å². The fourth-order valence-corrected chi connectivity index (χ4v) is 7.52. The van der Waals surface area contributed by atoms with Crippen molar-refractivity contribution in [2.24, 2.45) is 0 Å². The van der Waals surface area contributed by atoms with Gasteiger partial charge in [0.1, 0.15) is 6.04 Å². The Kier molecular flexibility index (Phi) is 8.69. The maximum Gasteiger partial charge on any atom is 0.242 e. The van der Waals surface area contributed by atoms with Gasteiger partial charge in [-0.25, -0.2) is 13.4 Å². The third kappa shape index (κ3) is 6.56. The van der Waals surface area contributed by atoms with Crippen LogP contribution in [0.15, 0.2) is 91.6 Å². The van der Waals surface area contributed by atoms with E-state index in [0.29, 0.717) is 26.2 Å². The molecule has 2 aromatic heterocycles. The van der Waals surface area contributed by atoms with Crippen molar-refractivity contribution in [1.82, 2.24) is 28.6 Å². The molecule has 6 rings (SSSR count). The SMILES string of the molecule is CS(=O)(=O)N1CCN([C@@H]2c3ccccc3CCc3cccnc32)C[C@@H]1C(=O)N(CCCn1ccnc1)Cc1ccccc1. The smallest absolute Gasteiger partial charge is 0.242 e. The van der Waals surface area contributed by atoms with Gasteiger partial charge in [-0.2, -0.15) is 4.31 Å². The van der Waals surface area contributed by atoms with E-state index in [2.05, 4.69) is 40.2 Å². The summed E-state index contributed by atoms with van der Waals surface area (Å²) in [6.07, 6.45) is 11.0. The Hall–Kier alpha value is -3.86. The van der Waals surface area contributed by atoms with Gasteiger partial charge in [-0.05, 0) is 47.6 Å². The van der Waals surface area contributed by atoms with Crippen LogP contribution in [0.5, 0.6) is 0 Å². The standard InChI is InChI=1S/C33H38N6O3S/c1-43(41,42)39-22-21-37(32-29-13-6-5-11-27(29)14-15-28-12-7-16-35-31(28)32)24-30(39)33(40)38(23-26-9-3-2-4-10-26)19-8-18-36-20-17-34-25-36/h2-7,9-13,16-17,20,25,30,32H,8,14-15,18-19,21-24H2,1H3/t30-,32-/m1/s1. The number of benzene rings is 2. The topological polar surface area (TPSA) is 91.6 Å². The number of carbonyl (C=O) groups is 1. The first-order chi connectivity index (χ1) is 20.9. The van der Waals surface area contributed by atoms with Crippen molar-refractivity contribution in [1.29, 1.82) is 0 Å². The van der Waals surface area contributed by atoms with Crippen LogP contribution in [0.1, 0.15) is 40.4 Å². The van der Waals surface area contributed by atoms with Crippen molar-refractivity contribution in [2.75, 3.05) is 32.4 Å². The molecule has 4 aromatic rings. The van der Waals surface area contributed by atoms with E-state index in [0.717, 1.165) is 30.5 Å². The minimum atomic E-state index is -3.63. The molecule has 0 radical (unpaired) electrons. The van der Waals surface area contributed by atoms with Gasteiger partial charge in [0.15, 0.2) is 0 Å². The summed E-state index contributed by atoms with van der Waals surface area (Å²) in [5.74, 6) is -0.173. The second kappa shape index (κ2) is 12.8. The maximum absolute atomic E-state index is 14.5. The van der Waals surface area contributed by atoms with Crippen LogP contribution in [0.2, 0.25) is 0 Å². The van der Waals surface area contributed by atoms with Gasteiger partial charge in [-0.15, -0.1) is 0 Å². The lowest BCUT2D eigenvalue weighted by molar-refractivity contribution is -0.138. The van der Waals surface area contributed by atoms with E-state index in [-0.39, 0.29) is 25.0 Å². The Bertz CT molecular complexity index is 1600. The highest BCUT2D eigenvalue weighted by molar-refractivity contribution is 7.88. The van der Waals surface area contributed by atoms with E-state index < -0.39 is 16.1 Å². The molecule has 1 aliphatic heterocycles. The van der Waals surface area contributed by atoms with Crippen LogP contribution in [0.25, 0.3) is 0 Å². The molecule has 224 valence electrons. The highest BCUT2D eigenvalue weighted by atomic mass is 32.2. The van der Waals surface area contributed by atoms with Crippen LogP contribution in [0.3, 0.4) is 0 Å². The van der Waals surface area contributed by atoms with Gasteiger partial charge in [0.2, 0.25) is 15.9 Å². The molecular formula is C33H38N6O3S. The zero-order valence-corrected chi connectivity index (χ0v) is 25.3. The lowest BCUT2D eigenvalue weighted by Gasteiger charge is -2.44. The molecule has 0 saturated carbocycles. The van der Waals surface area contributed by atoms with Crippen LogP contribution in [-0.2, 0) is 40.7 Å². The Morgan fingerprint density at radius 3 is 2.51 bits per heavy atom. The number of carbonyl (C=O) groups excluding carboxylic acids is 1. The Labute approximate surface area is 253 Å². The molecule has 2 aromatic carbocycles. The van der Waals surface area contributed by atoms with E-state index in [1.165, 1.54) is 27.3 Å². The molecule has 0 N–H and O–H groups in total. The zero-order chi connectivity index (χ0) is 29.8. The lowest BCUT2D eigenvalue weighted by atomic mass is 9.95. The van der Waals surface area contributed by atoms with Gasteiger partial charge < -0.3 is 9.47 Å². The number of hydrogen-bond acceptors (Lipinski definition) is 6. The van der Waals surface area contributed by atoms with Gasteiger partial charge >= 0.3 is 0 Å². The van der Waals surface area contributed by atoms with Crippen molar-refractivity contribution in [3.8, 4) is 0 Å². The molecule has 1 aliphatic carbocycles. The quantitative estimate of drug-likeness (QED) is 0.293. The minimum absolute atomic E-state index is 0.157. The summed E-state index contributed by atoms with van der Waals surface area (Å²) in [6, 6.07) is 21.4. The first kappa shape index (κ1) is 29.2. The van der Waals surface area contributed by atoms with Crippen molar-refractivity contribution in [3.63, 3.8) is 0 Å². The molecule has 1 fully saturated rings. The number of pyridine rings is 1. The number of sulfonamides is 1. The molecule has 0 bridgehead atoms. The van der Waals surface area contributed by atoms with Crippen LogP contribution >= 0.6 is 0 Å². The number of aryl methyl sites for hydroxylation is 3. The number of piperazine rings is 1. The number of aromatic nitrogens is 3. The molecule has 2 atom stereocenters. The van der Waals surface area contributed by atoms with E-state index in [4.69, 9.17) is 4.98 Å².